The summed E-state index contributed by atoms with van der Waals surface area (Å²) in [5, 5.41) is 5.02. The van der Waals surface area contributed by atoms with Crippen LogP contribution in [0.1, 0.15) is 11.1 Å². The SMILES string of the molecule is Cc1ccc(N(c2ccc(C)cc2)c2c3ccccc3cc3ccccc23)cc1. The van der Waals surface area contributed by atoms with Crippen LogP contribution in [-0.2, 0) is 0 Å². The van der Waals surface area contributed by atoms with E-state index in [1.165, 1.54) is 49.7 Å². The molecular formula is C28H23N. The Morgan fingerprint density at radius 2 is 0.897 bits per heavy atom. The second-order valence-corrected chi connectivity index (χ2v) is 7.67. The Hall–Kier alpha value is -3.58. The van der Waals surface area contributed by atoms with E-state index in [9.17, 15) is 0 Å². The summed E-state index contributed by atoms with van der Waals surface area (Å²) in [7, 11) is 0. The molecule has 0 N–H and O–H groups in total. The number of hydrogen-bond donors (Lipinski definition) is 0. The van der Waals surface area contributed by atoms with Gasteiger partial charge in [0, 0.05) is 22.1 Å². The fourth-order valence-corrected chi connectivity index (χ4v) is 4.03. The van der Waals surface area contributed by atoms with Gasteiger partial charge in [0.1, 0.15) is 0 Å². The van der Waals surface area contributed by atoms with Crippen LogP contribution in [-0.4, -0.2) is 0 Å². The largest absolute Gasteiger partial charge is 0.309 e. The van der Waals surface area contributed by atoms with E-state index in [1.807, 2.05) is 0 Å². The highest BCUT2D eigenvalue weighted by Crippen LogP contribution is 2.43. The molecule has 1 nitrogen and oxygen atoms in total. The third-order valence-corrected chi connectivity index (χ3v) is 5.55. The van der Waals surface area contributed by atoms with E-state index in [0.29, 0.717) is 0 Å². The first kappa shape index (κ1) is 17.5. The summed E-state index contributed by atoms with van der Waals surface area (Å²) >= 11 is 0. The summed E-state index contributed by atoms with van der Waals surface area (Å²) in [6.45, 7) is 4.26. The molecule has 0 fully saturated rings. The topological polar surface area (TPSA) is 3.24 Å². The van der Waals surface area contributed by atoms with Gasteiger partial charge >= 0.3 is 0 Å². The van der Waals surface area contributed by atoms with E-state index in [4.69, 9.17) is 0 Å². The maximum Gasteiger partial charge on any atom is 0.0618 e. The molecule has 0 aliphatic heterocycles. The molecule has 0 unspecified atom stereocenters. The van der Waals surface area contributed by atoms with Crippen LogP contribution >= 0.6 is 0 Å². The molecule has 5 aromatic carbocycles. The maximum atomic E-state index is 2.39. The van der Waals surface area contributed by atoms with Gasteiger partial charge in [0.2, 0.25) is 0 Å². The molecule has 0 aliphatic rings. The van der Waals surface area contributed by atoms with Gasteiger partial charge in [-0.2, -0.15) is 0 Å². The van der Waals surface area contributed by atoms with Gasteiger partial charge in [0.15, 0.2) is 0 Å². The maximum absolute atomic E-state index is 2.39. The van der Waals surface area contributed by atoms with Gasteiger partial charge < -0.3 is 4.90 Å². The molecule has 0 radical (unpaired) electrons. The van der Waals surface area contributed by atoms with Gasteiger partial charge in [0.25, 0.3) is 0 Å². The number of aryl methyl sites for hydroxylation is 2. The normalized spacial score (nSPS) is 11.1. The van der Waals surface area contributed by atoms with Crippen molar-refractivity contribution in [1.82, 2.24) is 0 Å². The quantitative estimate of drug-likeness (QED) is 0.289. The first-order valence-corrected chi connectivity index (χ1v) is 10.0. The molecule has 0 aliphatic carbocycles. The van der Waals surface area contributed by atoms with E-state index < -0.39 is 0 Å². The summed E-state index contributed by atoms with van der Waals surface area (Å²) in [6, 6.07) is 37.2. The fourth-order valence-electron chi connectivity index (χ4n) is 4.03. The number of anilines is 3. The van der Waals surface area contributed by atoms with Crippen LogP contribution in [0.5, 0.6) is 0 Å². The lowest BCUT2D eigenvalue weighted by molar-refractivity contribution is 1.29. The van der Waals surface area contributed by atoms with Crippen molar-refractivity contribution in [3.8, 4) is 0 Å². The highest BCUT2D eigenvalue weighted by molar-refractivity contribution is 6.14. The third kappa shape index (κ3) is 3.15. The number of rotatable bonds is 3. The summed E-state index contributed by atoms with van der Waals surface area (Å²) in [6.07, 6.45) is 0. The molecule has 0 atom stereocenters. The number of hydrogen-bond acceptors (Lipinski definition) is 1. The van der Waals surface area contributed by atoms with Crippen LogP contribution in [0.25, 0.3) is 21.5 Å². The molecular weight excluding hydrogens is 350 g/mol. The standard InChI is InChI=1S/C28H23N/c1-20-11-15-24(16-12-20)29(25-17-13-21(2)14-18-25)28-26-9-5-3-7-22(26)19-23-8-4-6-10-27(23)28/h3-19H,1-2H3. The molecule has 0 spiro atoms. The van der Waals surface area contributed by atoms with E-state index in [1.54, 1.807) is 0 Å². The molecule has 140 valence electrons. The average molecular weight is 373 g/mol. The number of benzene rings is 5. The zero-order valence-corrected chi connectivity index (χ0v) is 16.8. The van der Waals surface area contributed by atoms with Crippen molar-refractivity contribution in [2.75, 3.05) is 4.90 Å². The van der Waals surface area contributed by atoms with Crippen molar-refractivity contribution in [3.05, 3.63) is 114 Å². The molecule has 0 saturated heterocycles. The fraction of sp³-hybridized carbons (Fsp3) is 0.0714. The molecule has 0 bridgehead atoms. The average Bonchev–Trinajstić information content (AvgIpc) is 2.76. The van der Waals surface area contributed by atoms with Gasteiger partial charge in [0.05, 0.1) is 5.69 Å². The van der Waals surface area contributed by atoms with Crippen molar-refractivity contribution in [1.29, 1.82) is 0 Å². The van der Waals surface area contributed by atoms with Gasteiger partial charge in [-0.25, -0.2) is 0 Å². The van der Waals surface area contributed by atoms with Crippen LogP contribution in [0.2, 0.25) is 0 Å². The van der Waals surface area contributed by atoms with Crippen LogP contribution in [0.3, 0.4) is 0 Å². The first-order valence-electron chi connectivity index (χ1n) is 10.0. The van der Waals surface area contributed by atoms with E-state index >= 15 is 0 Å². The Balaban J connectivity index is 1.89. The van der Waals surface area contributed by atoms with Crippen LogP contribution in [0.15, 0.2) is 103 Å². The Bertz CT molecular complexity index is 1200. The molecule has 1 heteroatoms. The second-order valence-electron chi connectivity index (χ2n) is 7.67. The van der Waals surface area contributed by atoms with Gasteiger partial charge in [-0.05, 0) is 55.0 Å². The second kappa shape index (κ2) is 7.10. The van der Waals surface area contributed by atoms with E-state index in [2.05, 4.69) is 122 Å². The van der Waals surface area contributed by atoms with E-state index in [-0.39, 0.29) is 0 Å². The molecule has 5 aromatic rings. The van der Waals surface area contributed by atoms with Gasteiger partial charge in [-0.1, -0.05) is 83.9 Å². The van der Waals surface area contributed by atoms with Crippen LogP contribution in [0, 0.1) is 13.8 Å². The van der Waals surface area contributed by atoms with Crippen molar-refractivity contribution < 1.29 is 0 Å². The zero-order valence-electron chi connectivity index (χ0n) is 16.8. The summed E-state index contributed by atoms with van der Waals surface area (Å²) in [5.41, 5.74) is 6.09. The minimum Gasteiger partial charge on any atom is -0.309 e. The van der Waals surface area contributed by atoms with Gasteiger partial charge in [-0.15, -0.1) is 0 Å². The predicted octanol–water partition coefficient (Wildman–Crippen LogP) is 8.08. The minimum absolute atomic E-state index is 1.17. The molecule has 29 heavy (non-hydrogen) atoms. The predicted molar refractivity (Wildman–Crippen MR) is 126 cm³/mol. The third-order valence-electron chi connectivity index (χ3n) is 5.55. The monoisotopic (exact) mass is 373 g/mol. The Kier molecular flexibility index (Phi) is 4.29. The van der Waals surface area contributed by atoms with Crippen molar-refractivity contribution in [2.24, 2.45) is 0 Å². The van der Waals surface area contributed by atoms with Crippen molar-refractivity contribution in [2.45, 2.75) is 13.8 Å². The van der Waals surface area contributed by atoms with Crippen LogP contribution < -0.4 is 4.90 Å². The first-order chi connectivity index (χ1) is 14.2. The number of fused-ring (bicyclic) bond motifs is 2. The molecule has 5 rings (SSSR count). The lowest BCUT2D eigenvalue weighted by Crippen LogP contribution is -2.11. The zero-order chi connectivity index (χ0) is 19.8. The highest BCUT2D eigenvalue weighted by atomic mass is 15.1. The molecule has 0 amide bonds. The lowest BCUT2D eigenvalue weighted by atomic mass is 9.99. The Labute approximate surface area is 171 Å². The van der Waals surface area contributed by atoms with Crippen molar-refractivity contribution >= 4 is 38.6 Å². The minimum atomic E-state index is 1.17. The Morgan fingerprint density at radius 3 is 1.34 bits per heavy atom. The molecule has 0 heterocycles. The smallest absolute Gasteiger partial charge is 0.0618 e. The lowest BCUT2D eigenvalue weighted by Gasteiger charge is -2.28. The van der Waals surface area contributed by atoms with Gasteiger partial charge in [-0.3, -0.25) is 0 Å². The summed E-state index contributed by atoms with van der Waals surface area (Å²) < 4.78 is 0. The Morgan fingerprint density at radius 1 is 0.483 bits per heavy atom. The van der Waals surface area contributed by atoms with Crippen molar-refractivity contribution in [3.63, 3.8) is 0 Å². The summed E-state index contributed by atoms with van der Waals surface area (Å²) in [5.74, 6) is 0. The van der Waals surface area contributed by atoms with Crippen LogP contribution in [0.4, 0.5) is 17.1 Å². The highest BCUT2D eigenvalue weighted by Gasteiger charge is 2.18. The number of nitrogens with zero attached hydrogens (tertiary/aromatic N) is 1. The molecule has 0 aromatic heterocycles. The van der Waals surface area contributed by atoms with E-state index in [0.717, 1.165) is 0 Å². The summed E-state index contributed by atoms with van der Waals surface area (Å²) in [4.78, 5) is 2.39. The molecule has 0 saturated carbocycles.